The Kier molecular flexibility index (Phi) is 30.2. The number of nitrogens with two attached hydrogens (primary N) is 2. The number of thiazole rings is 1. The average molecular weight is 1200 g/mol. The van der Waals surface area contributed by atoms with E-state index in [1.165, 1.54) is 36.1 Å². The zero-order valence-electron chi connectivity index (χ0n) is 45.2. The quantitative estimate of drug-likeness (QED) is 0.0108. The number of amidine groups is 1. The predicted octanol–water partition coefficient (Wildman–Crippen LogP) is 11.6. The van der Waals surface area contributed by atoms with Crippen molar-refractivity contribution in [1.29, 1.82) is 0 Å². The number of ketones is 2. The number of phenolic OH excluding ortho intramolecular Hbond substituents is 2. The minimum absolute atomic E-state index is 0. The predicted molar refractivity (Wildman–Crippen MR) is 330 cm³/mol. The van der Waals surface area contributed by atoms with Crippen molar-refractivity contribution in [3.63, 3.8) is 0 Å². The normalized spacial score (nSPS) is 15.3. The maximum atomic E-state index is 13.0. The largest absolute Gasteiger partial charge is 0.508 e. The van der Waals surface area contributed by atoms with Crippen LogP contribution in [-0.4, -0.2) is 120 Å². The summed E-state index contributed by atoms with van der Waals surface area (Å²) in [6, 6.07) is 25.5. The molecule has 2 aliphatic heterocycles. The number of aliphatic imine (C=N–C) groups is 1. The number of halogens is 1. The van der Waals surface area contributed by atoms with Gasteiger partial charge in [-0.25, -0.2) is 4.98 Å². The number of aromatic nitrogens is 1. The van der Waals surface area contributed by atoms with E-state index < -0.39 is 5.97 Å². The Morgan fingerprint density at radius 1 is 0.805 bits per heavy atom. The number of Topliss-reactive ketones (excluding diaryl/α,β-unsaturated/α-hetero) is 1. The third-order valence-corrected chi connectivity index (χ3v) is 14.3. The third-order valence-electron chi connectivity index (χ3n) is 11.9. The number of aryl methyl sites for hydroxylation is 2. The fraction of sp³-hybridized carbons (Fsp3) is 0.429. The number of nitrogens with zero attached hydrogens (tertiary/aromatic N) is 4. The molecule has 9 N–H and O–H groups in total. The standard InChI is InChI=1S/C26H32N4O3S.C17H26N4OS2.C11H13BrO2.C2H4O2.H3P/c1-3-6-17-15-18(8-13-22(17)31)23(32)24-25(27)29-26(34-24)28-19-9-11-20(12-10-19)33-21-7-5-14-30(4-2)16-21;1-3-21-11-5-6-15(12-21)22-14-9-7-13(8-10-14)19-17(23)20-16(18)24-4-2;1-2-3-8-6-9(11(14)7-12)4-5-10(8)13;1-2(3)4;/h8-13,15,21,31H,3-7,14,16,27H2,1-2H3,(H,28,29);7-10,15H,3-6,11-12H2,1-2H3,(H3,18,19,20,23);4-6,13H,2-3,7H2,1H3;1H3,(H,3,4);1H3. The molecule has 0 bridgehead atoms. The summed E-state index contributed by atoms with van der Waals surface area (Å²) in [6.45, 7) is 18.0. The van der Waals surface area contributed by atoms with Crippen molar-refractivity contribution in [2.75, 3.05) is 66.7 Å². The summed E-state index contributed by atoms with van der Waals surface area (Å²) < 4.78 is 12.3. The number of thioether (sulfide) groups is 1. The molecule has 420 valence electrons. The molecule has 5 aromatic rings. The molecule has 16 nitrogen and oxygen atoms in total. The van der Waals surface area contributed by atoms with Gasteiger partial charge in [0.15, 0.2) is 21.2 Å². The number of hydrogen-bond donors (Lipinski definition) is 7. The summed E-state index contributed by atoms with van der Waals surface area (Å²) in [5, 5.41) is 34.9. The number of phenols is 2. The molecule has 2 saturated heterocycles. The van der Waals surface area contributed by atoms with Gasteiger partial charge in [0.25, 0.3) is 5.97 Å². The van der Waals surface area contributed by atoms with Crippen molar-refractivity contribution in [2.24, 2.45) is 10.7 Å². The van der Waals surface area contributed by atoms with Crippen LogP contribution in [0.15, 0.2) is 89.9 Å². The lowest BCUT2D eigenvalue weighted by Crippen LogP contribution is -2.40. The Morgan fingerprint density at radius 2 is 1.29 bits per heavy atom. The minimum atomic E-state index is -0.833. The van der Waals surface area contributed by atoms with Crippen LogP contribution < -0.4 is 31.6 Å². The number of ether oxygens (including phenoxy) is 2. The van der Waals surface area contributed by atoms with E-state index in [0.29, 0.717) is 43.2 Å². The van der Waals surface area contributed by atoms with Gasteiger partial charge in [0.05, 0.1) is 5.33 Å². The molecule has 4 aromatic carbocycles. The van der Waals surface area contributed by atoms with Crippen molar-refractivity contribution in [3.05, 3.63) is 112 Å². The second kappa shape index (κ2) is 35.2. The van der Waals surface area contributed by atoms with E-state index in [2.05, 4.69) is 60.2 Å². The average Bonchev–Trinajstić information content (AvgIpc) is 3.77. The molecule has 0 spiro atoms. The second-order valence-corrected chi connectivity index (χ2v) is 21.1. The van der Waals surface area contributed by atoms with Gasteiger partial charge in [-0.2, -0.15) is 14.9 Å². The first-order chi connectivity index (χ1) is 36.5. The number of piperidine rings is 2. The Hall–Kier alpha value is -5.34. The van der Waals surface area contributed by atoms with Gasteiger partial charge >= 0.3 is 0 Å². The zero-order valence-corrected chi connectivity index (χ0v) is 50.6. The first-order valence-corrected chi connectivity index (χ1v) is 29.1. The van der Waals surface area contributed by atoms with Gasteiger partial charge in [-0.05, 0) is 179 Å². The number of carboxylic acids is 1. The van der Waals surface area contributed by atoms with Crippen LogP contribution in [0.4, 0.5) is 22.3 Å². The number of likely N-dealkylation sites (tertiary alicyclic amines) is 2. The molecule has 7 rings (SSSR count). The summed E-state index contributed by atoms with van der Waals surface area (Å²) in [5.74, 6) is 2.30. The number of carbonyl (C=O) groups is 3. The highest BCUT2D eigenvalue weighted by molar-refractivity contribution is 9.09. The van der Waals surface area contributed by atoms with Gasteiger partial charge in [0.1, 0.15) is 45.9 Å². The number of carbonyl (C=O) groups excluding carboxylic acids is 2. The Bertz CT molecular complexity index is 2660. The van der Waals surface area contributed by atoms with Gasteiger partial charge in [-0.1, -0.05) is 86.5 Å². The second-order valence-electron chi connectivity index (χ2n) is 17.9. The molecule has 3 atom stereocenters. The van der Waals surface area contributed by atoms with E-state index in [9.17, 15) is 19.8 Å². The third kappa shape index (κ3) is 23.3. The molecule has 3 heterocycles. The monoisotopic (exact) mass is 1200 g/mol. The molecule has 0 amide bonds. The number of alkyl halides is 1. The van der Waals surface area contributed by atoms with Crippen LogP contribution in [0.5, 0.6) is 23.0 Å². The highest BCUT2D eigenvalue weighted by Gasteiger charge is 2.22. The lowest BCUT2D eigenvalue weighted by atomic mass is 10.0. The van der Waals surface area contributed by atoms with E-state index in [1.54, 1.807) is 36.4 Å². The molecule has 21 heteroatoms. The fourth-order valence-corrected chi connectivity index (χ4v) is 10.1. The molecule has 1 aromatic heterocycles. The fourth-order valence-electron chi connectivity index (χ4n) is 8.15. The van der Waals surface area contributed by atoms with Crippen molar-refractivity contribution in [2.45, 2.75) is 105 Å². The van der Waals surface area contributed by atoms with E-state index in [4.69, 9.17) is 43.1 Å². The number of nitrogen functional groups attached to an aromatic ring is 1. The Labute approximate surface area is 479 Å². The first-order valence-electron chi connectivity index (χ1n) is 25.8. The van der Waals surface area contributed by atoms with E-state index in [1.807, 2.05) is 69.3 Å². The number of aliphatic carboxylic acids is 1. The smallest absolute Gasteiger partial charge is 0.300 e. The topological polar surface area (TPSA) is 238 Å². The molecule has 3 unspecified atom stereocenters. The number of benzene rings is 4. The van der Waals surface area contributed by atoms with Crippen molar-refractivity contribution >= 4 is 111 Å². The summed E-state index contributed by atoms with van der Waals surface area (Å²) in [7, 11) is 0. The maximum absolute atomic E-state index is 13.0. The molecule has 0 aliphatic carbocycles. The minimum Gasteiger partial charge on any atom is -0.508 e. The summed E-state index contributed by atoms with van der Waals surface area (Å²) >= 11 is 11.0. The molecule has 2 aliphatic rings. The van der Waals surface area contributed by atoms with Gasteiger partial charge in [-0.3, -0.25) is 24.2 Å². The van der Waals surface area contributed by atoms with Crippen molar-refractivity contribution < 1.29 is 39.2 Å². The van der Waals surface area contributed by atoms with Crippen molar-refractivity contribution in [1.82, 2.24) is 14.8 Å². The summed E-state index contributed by atoms with van der Waals surface area (Å²) in [4.78, 5) is 47.1. The molecule has 2 fully saturated rings. The number of anilines is 4. The number of nitrogens with one attached hydrogen (secondary N) is 2. The van der Waals surface area contributed by atoms with Crippen LogP contribution in [-0.2, 0) is 17.6 Å². The van der Waals surface area contributed by atoms with Gasteiger partial charge in [0.2, 0.25) is 5.78 Å². The van der Waals surface area contributed by atoms with Crippen molar-refractivity contribution in [3.8, 4) is 23.0 Å². The van der Waals surface area contributed by atoms with Gasteiger partial charge in [0, 0.05) is 42.5 Å². The van der Waals surface area contributed by atoms with Gasteiger partial charge in [-0.15, -0.1) is 0 Å². The van der Waals surface area contributed by atoms with E-state index >= 15 is 0 Å². The van der Waals surface area contributed by atoms with Crippen LogP contribution >= 0.6 is 61.1 Å². The lowest BCUT2D eigenvalue weighted by molar-refractivity contribution is -0.134. The van der Waals surface area contributed by atoms with Crippen LogP contribution in [0.2, 0.25) is 0 Å². The lowest BCUT2D eigenvalue weighted by Gasteiger charge is -2.32. The number of carboxylic acid groups (broad SMARTS) is 1. The summed E-state index contributed by atoms with van der Waals surface area (Å²) in [6.07, 6.45) is 8.38. The van der Waals surface area contributed by atoms with E-state index in [0.717, 1.165) is 118 Å². The Balaban J connectivity index is 0.000000315. The SMILES string of the molecule is CC(=O)O.CCCc1cc(C(=O)CBr)ccc1O.CCCc1cc(C(=O)c2sc(Nc3ccc(OC4CCCN(CC)C4)cc3)nc2N)ccc1O.CCSC(N)=NC(=S)Nc1ccc(OC2CCCN(CC)C2)cc1.P. The molecular weight excluding hydrogens is 1120 g/mol. The zero-order chi connectivity index (χ0) is 55.6. The van der Waals surface area contributed by atoms with Crippen LogP contribution in [0.3, 0.4) is 0 Å². The van der Waals surface area contributed by atoms with Crippen LogP contribution in [0, 0.1) is 0 Å². The summed E-state index contributed by atoms with van der Waals surface area (Å²) in [5.41, 5.74) is 16.3. The van der Waals surface area contributed by atoms with Crippen LogP contribution in [0.1, 0.15) is 117 Å². The molecule has 0 saturated carbocycles. The number of rotatable bonds is 18. The highest BCUT2D eigenvalue weighted by Crippen LogP contribution is 2.32. The number of thiocarbonyl (C=S) groups is 1. The molecular formula is C56H78BrN8O8PS3. The van der Waals surface area contributed by atoms with Gasteiger partial charge < -0.3 is 46.9 Å². The number of likely N-dealkylation sites (N-methyl/N-ethyl adjacent to an activating group) is 2. The van der Waals surface area contributed by atoms with Crippen LogP contribution in [0.25, 0.3) is 0 Å². The number of aromatic hydroxyl groups is 2. The van der Waals surface area contributed by atoms with E-state index in [-0.39, 0.29) is 51.0 Å². The Morgan fingerprint density at radius 3 is 1.75 bits per heavy atom. The molecule has 0 radical (unpaired) electrons. The highest BCUT2D eigenvalue weighted by atomic mass is 79.9. The number of hydrogen-bond acceptors (Lipinski definition) is 15. The maximum Gasteiger partial charge on any atom is 0.300 e. The molecule has 77 heavy (non-hydrogen) atoms. The first kappa shape index (κ1) is 65.9.